The fraction of sp³-hybridized carbons (Fsp3) is 0.375. The van der Waals surface area contributed by atoms with Gasteiger partial charge >= 0.3 is 12.1 Å². The molecule has 2 aromatic carbocycles. The minimum atomic E-state index is -0.945. The van der Waals surface area contributed by atoms with E-state index in [4.69, 9.17) is 4.74 Å². The number of likely N-dealkylation sites (tertiary alicyclic amines) is 1. The number of hydrogen-bond acceptors (Lipinski definition) is 4. The number of carboxylic acids is 1. The molecular formula is C24H26N2O5. The van der Waals surface area contributed by atoms with Crippen LogP contribution in [0.2, 0.25) is 0 Å². The lowest BCUT2D eigenvalue weighted by atomic mass is 9.90. The number of carbonyl (C=O) groups excluding carboxylic acids is 2. The molecule has 0 saturated carbocycles. The molecule has 0 aromatic heterocycles. The van der Waals surface area contributed by atoms with Gasteiger partial charge in [-0.25, -0.2) is 4.79 Å². The Morgan fingerprint density at radius 3 is 2.26 bits per heavy atom. The number of nitrogens with zero attached hydrogens (tertiary/aromatic N) is 1. The van der Waals surface area contributed by atoms with E-state index in [0.29, 0.717) is 13.0 Å². The summed E-state index contributed by atoms with van der Waals surface area (Å²) in [5.74, 6) is -1.28. The molecule has 2 aliphatic rings. The van der Waals surface area contributed by atoms with Crippen molar-refractivity contribution in [2.24, 2.45) is 5.41 Å². The molecule has 1 aliphatic carbocycles. The number of hydrogen-bond donors (Lipinski definition) is 2. The van der Waals surface area contributed by atoms with Crippen LogP contribution in [0.5, 0.6) is 0 Å². The summed E-state index contributed by atoms with van der Waals surface area (Å²) < 4.78 is 5.49. The summed E-state index contributed by atoms with van der Waals surface area (Å²) in [5, 5.41) is 11.9. The molecule has 31 heavy (non-hydrogen) atoms. The average molecular weight is 422 g/mol. The summed E-state index contributed by atoms with van der Waals surface area (Å²) in [5.41, 5.74) is 3.58. The van der Waals surface area contributed by atoms with E-state index in [0.717, 1.165) is 22.3 Å². The van der Waals surface area contributed by atoms with Crippen LogP contribution in [0.1, 0.15) is 37.3 Å². The van der Waals surface area contributed by atoms with Crippen molar-refractivity contribution in [1.82, 2.24) is 10.2 Å². The number of alkyl carbamates (subject to hydrolysis) is 1. The van der Waals surface area contributed by atoms with E-state index < -0.39 is 23.5 Å². The highest BCUT2D eigenvalue weighted by Gasteiger charge is 2.43. The topological polar surface area (TPSA) is 95.9 Å². The van der Waals surface area contributed by atoms with Crippen molar-refractivity contribution in [2.75, 3.05) is 19.7 Å². The van der Waals surface area contributed by atoms with E-state index >= 15 is 0 Å². The van der Waals surface area contributed by atoms with Crippen LogP contribution in [0.3, 0.4) is 0 Å². The number of aliphatic carboxylic acids is 1. The number of benzene rings is 2. The van der Waals surface area contributed by atoms with Gasteiger partial charge in [0.15, 0.2) is 0 Å². The Balaban J connectivity index is 1.36. The third-order valence-electron chi connectivity index (χ3n) is 6.35. The second-order valence-electron chi connectivity index (χ2n) is 8.57. The predicted octanol–water partition coefficient (Wildman–Crippen LogP) is 3.24. The summed E-state index contributed by atoms with van der Waals surface area (Å²) in [7, 11) is 0. The first-order chi connectivity index (χ1) is 14.8. The van der Waals surface area contributed by atoms with Crippen LogP contribution < -0.4 is 5.32 Å². The third kappa shape index (κ3) is 3.87. The van der Waals surface area contributed by atoms with E-state index in [9.17, 15) is 19.5 Å². The molecule has 2 aromatic rings. The Hall–Kier alpha value is -3.35. The molecule has 1 heterocycles. The Kier molecular flexibility index (Phi) is 5.43. The smallest absolute Gasteiger partial charge is 0.407 e. The maximum absolute atomic E-state index is 12.6. The number of nitrogens with one attached hydrogen (secondary N) is 1. The van der Waals surface area contributed by atoms with Crippen molar-refractivity contribution in [2.45, 2.75) is 32.2 Å². The van der Waals surface area contributed by atoms with Gasteiger partial charge in [0, 0.05) is 19.0 Å². The quantitative estimate of drug-likeness (QED) is 0.771. The summed E-state index contributed by atoms with van der Waals surface area (Å²) in [6, 6.07) is 15.3. The maximum atomic E-state index is 12.6. The van der Waals surface area contributed by atoms with E-state index in [1.807, 2.05) is 36.4 Å². The molecule has 4 rings (SSSR count). The van der Waals surface area contributed by atoms with Gasteiger partial charge in [-0.1, -0.05) is 48.5 Å². The molecule has 1 aliphatic heterocycles. The van der Waals surface area contributed by atoms with E-state index in [2.05, 4.69) is 17.4 Å². The molecule has 2 N–H and O–H groups in total. The zero-order valence-electron chi connectivity index (χ0n) is 17.6. The number of amides is 2. The van der Waals surface area contributed by atoms with Gasteiger partial charge in [0.1, 0.15) is 12.6 Å². The lowest BCUT2D eigenvalue weighted by Crippen LogP contribution is -2.47. The molecule has 2 atom stereocenters. The van der Waals surface area contributed by atoms with Crippen LogP contribution in [-0.4, -0.2) is 53.7 Å². The minimum Gasteiger partial charge on any atom is -0.481 e. The molecule has 1 unspecified atom stereocenters. The van der Waals surface area contributed by atoms with Crippen molar-refractivity contribution in [1.29, 1.82) is 0 Å². The van der Waals surface area contributed by atoms with Gasteiger partial charge in [-0.3, -0.25) is 9.59 Å². The first kappa shape index (κ1) is 20.9. The first-order valence-corrected chi connectivity index (χ1v) is 10.4. The number of ether oxygens (including phenoxy) is 1. The van der Waals surface area contributed by atoms with Gasteiger partial charge in [-0.15, -0.1) is 0 Å². The summed E-state index contributed by atoms with van der Waals surface area (Å²) in [4.78, 5) is 37.9. The SMILES string of the molecule is C[C@@H](NC(=O)OCC1c2ccccc2-c2ccccc21)C(=O)N1CCC(C)(C(=O)O)C1. The summed E-state index contributed by atoms with van der Waals surface area (Å²) in [6.45, 7) is 3.88. The Morgan fingerprint density at radius 2 is 1.71 bits per heavy atom. The molecule has 162 valence electrons. The lowest BCUT2D eigenvalue weighted by Gasteiger charge is -2.23. The first-order valence-electron chi connectivity index (χ1n) is 10.4. The second kappa shape index (κ2) is 8.06. The fourth-order valence-electron chi connectivity index (χ4n) is 4.48. The summed E-state index contributed by atoms with van der Waals surface area (Å²) in [6.07, 6.45) is -0.269. The number of carboxylic acid groups (broad SMARTS) is 1. The Morgan fingerprint density at radius 1 is 1.13 bits per heavy atom. The van der Waals surface area contributed by atoms with Crippen molar-refractivity contribution in [3.05, 3.63) is 59.7 Å². The monoisotopic (exact) mass is 422 g/mol. The zero-order valence-corrected chi connectivity index (χ0v) is 17.6. The third-order valence-corrected chi connectivity index (χ3v) is 6.35. The van der Waals surface area contributed by atoms with E-state index in [-0.39, 0.29) is 25.0 Å². The van der Waals surface area contributed by atoms with Crippen LogP contribution in [-0.2, 0) is 14.3 Å². The largest absolute Gasteiger partial charge is 0.481 e. The van der Waals surface area contributed by atoms with Crippen molar-refractivity contribution in [3.63, 3.8) is 0 Å². The standard InChI is InChI=1S/C24H26N2O5/c1-15(21(27)26-12-11-24(2,14-26)22(28)29)25-23(30)31-13-20-18-9-5-3-7-16(18)17-8-4-6-10-19(17)20/h3-10,15,20H,11-14H2,1-2H3,(H,25,30)(H,28,29)/t15-,24?/m1/s1. The molecule has 1 saturated heterocycles. The van der Waals surface area contributed by atoms with Gasteiger partial charge in [-0.2, -0.15) is 0 Å². The Bertz CT molecular complexity index is 991. The van der Waals surface area contributed by atoms with Gasteiger partial charge in [0.25, 0.3) is 0 Å². The van der Waals surface area contributed by atoms with Crippen LogP contribution >= 0.6 is 0 Å². The molecule has 7 nitrogen and oxygen atoms in total. The molecule has 1 fully saturated rings. The van der Waals surface area contributed by atoms with Crippen LogP contribution in [0.15, 0.2) is 48.5 Å². The lowest BCUT2D eigenvalue weighted by molar-refractivity contribution is -0.147. The molecular weight excluding hydrogens is 396 g/mol. The molecule has 0 radical (unpaired) electrons. The van der Waals surface area contributed by atoms with E-state index in [1.54, 1.807) is 13.8 Å². The number of rotatable bonds is 5. The Labute approximate surface area is 181 Å². The highest BCUT2D eigenvalue weighted by atomic mass is 16.5. The van der Waals surface area contributed by atoms with Gasteiger partial charge in [0.05, 0.1) is 5.41 Å². The number of fused-ring (bicyclic) bond motifs is 3. The highest BCUT2D eigenvalue weighted by Crippen LogP contribution is 2.44. The second-order valence-corrected chi connectivity index (χ2v) is 8.57. The maximum Gasteiger partial charge on any atom is 0.407 e. The molecule has 0 bridgehead atoms. The summed E-state index contributed by atoms with van der Waals surface area (Å²) >= 11 is 0. The van der Waals surface area contributed by atoms with Crippen LogP contribution in [0.4, 0.5) is 4.79 Å². The van der Waals surface area contributed by atoms with Crippen molar-refractivity contribution in [3.8, 4) is 11.1 Å². The van der Waals surface area contributed by atoms with Crippen molar-refractivity contribution >= 4 is 18.0 Å². The predicted molar refractivity (Wildman–Crippen MR) is 115 cm³/mol. The van der Waals surface area contributed by atoms with Crippen molar-refractivity contribution < 1.29 is 24.2 Å². The molecule has 0 spiro atoms. The normalized spacial score (nSPS) is 20.6. The number of carbonyl (C=O) groups is 3. The van der Waals surface area contributed by atoms with Gasteiger partial charge in [0.2, 0.25) is 5.91 Å². The fourth-order valence-corrected chi connectivity index (χ4v) is 4.48. The van der Waals surface area contributed by atoms with Crippen LogP contribution in [0.25, 0.3) is 11.1 Å². The van der Waals surface area contributed by atoms with Gasteiger partial charge < -0.3 is 20.1 Å². The zero-order chi connectivity index (χ0) is 22.2. The molecule has 2 amide bonds. The van der Waals surface area contributed by atoms with Gasteiger partial charge in [-0.05, 0) is 42.5 Å². The average Bonchev–Trinajstić information content (AvgIpc) is 3.31. The highest BCUT2D eigenvalue weighted by molar-refractivity contribution is 5.87. The molecule has 7 heteroatoms. The van der Waals surface area contributed by atoms with Crippen LogP contribution in [0, 0.1) is 5.41 Å². The minimum absolute atomic E-state index is 0.0565. The van der Waals surface area contributed by atoms with E-state index in [1.165, 1.54) is 4.90 Å².